The van der Waals surface area contributed by atoms with Gasteiger partial charge < -0.3 is 23.8 Å². The average Bonchev–Trinajstić information content (AvgIpc) is 3.54. The predicted molar refractivity (Wildman–Crippen MR) is 154 cm³/mol. The lowest BCUT2D eigenvalue weighted by atomic mass is 9.98. The van der Waals surface area contributed by atoms with E-state index >= 15 is 0 Å². The van der Waals surface area contributed by atoms with E-state index in [2.05, 4.69) is 11.8 Å². The van der Waals surface area contributed by atoms with E-state index in [4.69, 9.17) is 14.5 Å². The molecule has 214 valence electrons. The molecule has 2 aromatic heterocycles. The molecule has 4 aliphatic heterocycles. The fourth-order valence-electron chi connectivity index (χ4n) is 7.25. The molecule has 1 aromatic carbocycles. The fourth-order valence-corrected chi connectivity index (χ4v) is 7.25. The van der Waals surface area contributed by atoms with Crippen molar-refractivity contribution in [2.24, 2.45) is 0 Å². The SMILES string of the molecule is CCc1c2c(nc3ccc(OC(=O)N4CCC(N5CCCCC5)CC4)cc13)-c1cc3c(c(=O)n1C2)C(=O)OC3CC. The van der Waals surface area contributed by atoms with E-state index in [9.17, 15) is 14.4 Å². The third kappa shape index (κ3) is 4.33. The lowest BCUT2D eigenvalue weighted by Gasteiger charge is -2.39. The van der Waals surface area contributed by atoms with Crippen LogP contribution < -0.4 is 10.3 Å². The lowest BCUT2D eigenvalue weighted by Crippen LogP contribution is -2.48. The Balaban J connectivity index is 1.15. The summed E-state index contributed by atoms with van der Waals surface area (Å²) in [5.74, 6) is -0.0450. The number of hydrogen-bond acceptors (Lipinski definition) is 7. The molecule has 3 aromatic rings. The van der Waals surface area contributed by atoms with Crippen LogP contribution in [0, 0.1) is 0 Å². The molecule has 0 radical (unpaired) electrons. The molecule has 6 heterocycles. The Morgan fingerprint density at radius 2 is 1.83 bits per heavy atom. The van der Waals surface area contributed by atoms with Crippen LogP contribution >= 0.6 is 0 Å². The van der Waals surface area contributed by atoms with Crippen molar-refractivity contribution in [2.75, 3.05) is 26.2 Å². The van der Waals surface area contributed by atoms with Gasteiger partial charge in [0.25, 0.3) is 5.56 Å². The highest BCUT2D eigenvalue weighted by molar-refractivity contribution is 5.95. The molecule has 2 saturated heterocycles. The number of benzene rings is 1. The predicted octanol–water partition coefficient (Wildman–Crippen LogP) is 5.06. The number of rotatable bonds is 4. The van der Waals surface area contributed by atoms with E-state index < -0.39 is 12.1 Å². The van der Waals surface area contributed by atoms with Crippen LogP contribution in [0.4, 0.5) is 4.79 Å². The van der Waals surface area contributed by atoms with E-state index in [0.717, 1.165) is 52.7 Å². The summed E-state index contributed by atoms with van der Waals surface area (Å²) in [6, 6.07) is 8.05. The van der Waals surface area contributed by atoms with Gasteiger partial charge in [-0.2, -0.15) is 0 Å². The second kappa shape index (κ2) is 10.3. The van der Waals surface area contributed by atoms with Crippen LogP contribution in [-0.2, 0) is 17.7 Å². The van der Waals surface area contributed by atoms with Gasteiger partial charge in [-0.15, -0.1) is 0 Å². The zero-order chi connectivity index (χ0) is 28.2. The zero-order valence-corrected chi connectivity index (χ0v) is 23.8. The number of esters is 1. The summed E-state index contributed by atoms with van der Waals surface area (Å²) < 4.78 is 13.0. The van der Waals surface area contributed by atoms with Gasteiger partial charge in [-0.25, -0.2) is 14.6 Å². The first-order valence-electron chi connectivity index (χ1n) is 15.1. The van der Waals surface area contributed by atoms with E-state index in [1.807, 2.05) is 30.0 Å². The number of cyclic esters (lactones) is 1. The van der Waals surface area contributed by atoms with Crippen LogP contribution in [0.3, 0.4) is 0 Å². The summed E-state index contributed by atoms with van der Waals surface area (Å²) in [5.41, 5.74) is 4.80. The van der Waals surface area contributed by atoms with Gasteiger partial charge in [-0.1, -0.05) is 20.3 Å². The molecule has 1 amide bonds. The van der Waals surface area contributed by atoms with E-state index in [0.29, 0.717) is 43.4 Å². The minimum absolute atomic E-state index is 0.144. The molecule has 0 aliphatic carbocycles. The second-order valence-electron chi connectivity index (χ2n) is 11.7. The number of aryl methyl sites for hydroxylation is 1. The Labute approximate surface area is 239 Å². The number of nitrogens with zero attached hydrogens (tertiary/aromatic N) is 4. The Kier molecular flexibility index (Phi) is 6.57. The molecule has 4 aliphatic rings. The smallest absolute Gasteiger partial charge is 0.415 e. The van der Waals surface area contributed by atoms with Crippen LogP contribution in [0.1, 0.15) is 85.5 Å². The Morgan fingerprint density at radius 1 is 1.05 bits per heavy atom. The number of piperidine rings is 2. The first-order chi connectivity index (χ1) is 20.0. The van der Waals surface area contributed by atoms with Crippen molar-refractivity contribution < 1.29 is 19.1 Å². The summed E-state index contributed by atoms with van der Waals surface area (Å²) in [6.45, 7) is 8.15. The molecule has 0 N–H and O–H groups in total. The summed E-state index contributed by atoms with van der Waals surface area (Å²) in [6.07, 6.45) is 6.49. The highest BCUT2D eigenvalue weighted by Gasteiger charge is 2.37. The first kappa shape index (κ1) is 26.2. The van der Waals surface area contributed by atoms with Crippen LogP contribution in [0.15, 0.2) is 29.1 Å². The van der Waals surface area contributed by atoms with Crippen molar-refractivity contribution in [1.82, 2.24) is 19.4 Å². The molecule has 9 nitrogen and oxygen atoms in total. The minimum Gasteiger partial charge on any atom is -0.454 e. The number of ether oxygens (including phenoxy) is 2. The second-order valence-corrected chi connectivity index (χ2v) is 11.7. The van der Waals surface area contributed by atoms with Crippen LogP contribution in [0.2, 0.25) is 0 Å². The Bertz CT molecular complexity index is 1610. The quantitative estimate of drug-likeness (QED) is 0.325. The van der Waals surface area contributed by atoms with Crippen molar-refractivity contribution in [3.8, 4) is 17.1 Å². The highest BCUT2D eigenvalue weighted by atomic mass is 16.6. The summed E-state index contributed by atoms with van der Waals surface area (Å²) >= 11 is 0. The van der Waals surface area contributed by atoms with Crippen molar-refractivity contribution in [3.05, 3.63) is 56.9 Å². The maximum Gasteiger partial charge on any atom is 0.415 e. The van der Waals surface area contributed by atoms with Gasteiger partial charge in [0, 0.05) is 35.6 Å². The number of hydrogen-bond donors (Lipinski definition) is 0. The molecular formula is C32H36N4O5. The van der Waals surface area contributed by atoms with Crippen molar-refractivity contribution in [2.45, 2.75) is 77.5 Å². The molecule has 41 heavy (non-hydrogen) atoms. The number of amides is 1. The number of likely N-dealkylation sites (tertiary alicyclic amines) is 2. The topological polar surface area (TPSA) is 94.0 Å². The molecule has 2 fully saturated rings. The van der Waals surface area contributed by atoms with Gasteiger partial charge in [-0.3, -0.25) is 4.79 Å². The van der Waals surface area contributed by atoms with Gasteiger partial charge in [0.05, 0.1) is 23.4 Å². The summed E-state index contributed by atoms with van der Waals surface area (Å²) in [4.78, 5) is 48.3. The summed E-state index contributed by atoms with van der Waals surface area (Å²) in [7, 11) is 0. The molecule has 1 unspecified atom stereocenters. The third-order valence-electron chi connectivity index (χ3n) is 9.42. The highest BCUT2D eigenvalue weighted by Crippen LogP contribution is 2.40. The standard InChI is InChI=1S/C32H36N4O5/c1-3-21-22-16-20(40-32(39)35-14-10-19(11-15-35)34-12-6-5-7-13-34)8-9-25(22)33-29-24(21)18-36-26(29)17-23-27(4-2)41-31(38)28(23)30(36)37/h8-9,16-17,19,27H,3-7,10-15,18H2,1-2H3. The largest absolute Gasteiger partial charge is 0.454 e. The van der Waals surface area contributed by atoms with E-state index in [1.54, 1.807) is 10.6 Å². The van der Waals surface area contributed by atoms with Crippen LogP contribution in [0.25, 0.3) is 22.3 Å². The molecular weight excluding hydrogens is 520 g/mol. The number of fused-ring (bicyclic) bond motifs is 5. The van der Waals surface area contributed by atoms with Gasteiger partial charge in [0.1, 0.15) is 17.4 Å². The number of carbonyl (C=O) groups excluding carboxylic acids is 2. The van der Waals surface area contributed by atoms with E-state index in [1.165, 1.54) is 32.4 Å². The third-order valence-corrected chi connectivity index (χ3v) is 9.42. The van der Waals surface area contributed by atoms with Gasteiger partial charge >= 0.3 is 12.1 Å². The summed E-state index contributed by atoms with van der Waals surface area (Å²) in [5, 5.41) is 0.916. The number of aromatic nitrogens is 2. The van der Waals surface area contributed by atoms with Crippen molar-refractivity contribution in [3.63, 3.8) is 0 Å². The van der Waals surface area contributed by atoms with Gasteiger partial charge in [0.15, 0.2) is 0 Å². The monoisotopic (exact) mass is 556 g/mol. The number of carbonyl (C=O) groups is 2. The zero-order valence-electron chi connectivity index (χ0n) is 23.8. The molecule has 7 rings (SSSR count). The Morgan fingerprint density at radius 3 is 2.56 bits per heavy atom. The molecule has 0 spiro atoms. The fraction of sp³-hybridized carbons (Fsp3) is 0.500. The van der Waals surface area contributed by atoms with Gasteiger partial charge in [0.2, 0.25) is 0 Å². The van der Waals surface area contributed by atoms with Crippen molar-refractivity contribution >= 4 is 23.0 Å². The molecule has 0 bridgehead atoms. The maximum absolute atomic E-state index is 13.4. The number of pyridine rings is 2. The van der Waals surface area contributed by atoms with E-state index in [-0.39, 0.29) is 17.2 Å². The molecule has 9 heteroatoms. The molecule has 0 saturated carbocycles. The van der Waals surface area contributed by atoms with Crippen molar-refractivity contribution in [1.29, 1.82) is 0 Å². The first-order valence-corrected chi connectivity index (χ1v) is 15.1. The maximum atomic E-state index is 13.4. The van der Waals surface area contributed by atoms with Crippen LogP contribution in [0.5, 0.6) is 5.75 Å². The lowest BCUT2D eigenvalue weighted by molar-refractivity contribution is 0.0377. The molecule has 1 atom stereocenters. The average molecular weight is 557 g/mol. The van der Waals surface area contributed by atoms with Crippen LogP contribution in [-0.4, -0.2) is 63.6 Å². The normalized spacial score (nSPS) is 20.6. The van der Waals surface area contributed by atoms with Gasteiger partial charge in [-0.05, 0) is 81.4 Å². The minimum atomic E-state index is -0.542. The Hall–Kier alpha value is -3.72.